The molecular weight excluding hydrogens is 238 g/mol. The van der Waals surface area contributed by atoms with Crippen LogP contribution in [-0.2, 0) is 4.79 Å². The third kappa shape index (κ3) is 2.55. The topological polar surface area (TPSA) is 104 Å². The first kappa shape index (κ1) is 12.3. The van der Waals surface area contributed by atoms with Gasteiger partial charge in [0.1, 0.15) is 5.82 Å². The maximum atomic E-state index is 10.9. The number of anilines is 1. The molecule has 2 N–H and O–H groups in total. The van der Waals surface area contributed by atoms with Crippen LogP contribution in [0.15, 0.2) is 12.4 Å². The molecule has 96 valence electrons. The Morgan fingerprint density at radius 1 is 1.28 bits per heavy atom. The maximum Gasteiger partial charge on any atom is 0.356 e. The van der Waals surface area contributed by atoms with E-state index in [1.807, 2.05) is 4.90 Å². The number of rotatable bonds is 3. The summed E-state index contributed by atoms with van der Waals surface area (Å²) in [6, 6.07) is 0. The Morgan fingerprint density at radius 3 is 2.61 bits per heavy atom. The maximum absolute atomic E-state index is 10.9. The fraction of sp³-hybridized carbons (Fsp3) is 0.455. The summed E-state index contributed by atoms with van der Waals surface area (Å²) in [4.78, 5) is 31.2. The molecule has 1 aromatic heterocycles. The quantitative estimate of drug-likeness (QED) is 0.804. The smallest absolute Gasteiger partial charge is 0.356 e. The summed E-state index contributed by atoms with van der Waals surface area (Å²) in [7, 11) is 0. The third-order valence-corrected chi connectivity index (χ3v) is 2.95. The van der Waals surface area contributed by atoms with Gasteiger partial charge in [0.25, 0.3) is 0 Å². The summed E-state index contributed by atoms with van der Waals surface area (Å²) in [6.45, 7) is 1.10. The predicted octanol–water partition coefficient (Wildman–Crippen LogP) is 0.476. The zero-order chi connectivity index (χ0) is 13.1. The van der Waals surface area contributed by atoms with Crippen LogP contribution in [0.4, 0.5) is 5.82 Å². The molecule has 1 aliphatic rings. The molecule has 7 nitrogen and oxygen atoms in total. The lowest BCUT2D eigenvalue weighted by atomic mass is 9.98. The van der Waals surface area contributed by atoms with Crippen LogP contribution in [0.25, 0.3) is 0 Å². The summed E-state index contributed by atoms with van der Waals surface area (Å²) in [5.41, 5.74) is -0.120. The second-order valence-corrected chi connectivity index (χ2v) is 4.19. The predicted molar refractivity (Wildman–Crippen MR) is 61.6 cm³/mol. The van der Waals surface area contributed by atoms with Gasteiger partial charge in [-0.2, -0.15) is 0 Å². The summed E-state index contributed by atoms with van der Waals surface area (Å²) < 4.78 is 0. The second-order valence-electron chi connectivity index (χ2n) is 4.19. The molecule has 2 rings (SSSR count). The first-order valence-corrected chi connectivity index (χ1v) is 5.61. The zero-order valence-electron chi connectivity index (χ0n) is 9.61. The number of nitrogens with zero attached hydrogens (tertiary/aromatic N) is 3. The lowest BCUT2D eigenvalue weighted by molar-refractivity contribution is -0.141. The lowest BCUT2D eigenvalue weighted by Gasteiger charge is -2.31. The van der Waals surface area contributed by atoms with E-state index in [0.717, 1.165) is 6.42 Å². The van der Waals surface area contributed by atoms with Gasteiger partial charge in [0, 0.05) is 13.1 Å². The molecule has 1 aliphatic heterocycles. The summed E-state index contributed by atoms with van der Waals surface area (Å²) in [5, 5.41) is 17.7. The molecule has 18 heavy (non-hydrogen) atoms. The fourth-order valence-electron chi connectivity index (χ4n) is 1.98. The van der Waals surface area contributed by atoms with Crippen molar-refractivity contribution in [3.63, 3.8) is 0 Å². The highest BCUT2D eigenvalue weighted by Gasteiger charge is 2.26. The van der Waals surface area contributed by atoms with E-state index < -0.39 is 17.9 Å². The van der Waals surface area contributed by atoms with Crippen LogP contribution >= 0.6 is 0 Å². The van der Waals surface area contributed by atoms with Gasteiger partial charge in [-0.15, -0.1) is 0 Å². The van der Waals surface area contributed by atoms with Gasteiger partial charge in [-0.05, 0) is 12.8 Å². The van der Waals surface area contributed by atoms with Crippen molar-refractivity contribution in [1.29, 1.82) is 0 Å². The average molecular weight is 251 g/mol. The molecule has 2 heterocycles. The molecule has 0 amide bonds. The highest BCUT2D eigenvalue weighted by atomic mass is 16.4. The third-order valence-electron chi connectivity index (χ3n) is 2.95. The first-order chi connectivity index (χ1) is 8.58. The molecular formula is C11H13N3O4. The van der Waals surface area contributed by atoms with E-state index in [2.05, 4.69) is 9.97 Å². The number of hydrogen-bond acceptors (Lipinski definition) is 5. The van der Waals surface area contributed by atoms with Crippen molar-refractivity contribution < 1.29 is 19.8 Å². The molecule has 0 aromatic carbocycles. The number of carbonyl (C=O) groups is 2. The Morgan fingerprint density at radius 2 is 2.06 bits per heavy atom. The average Bonchev–Trinajstić information content (AvgIpc) is 2.39. The van der Waals surface area contributed by atoms with E-state index >= 15 is 0 Å². The Bertz CT molecular complexity index is 460. The van der Waals surface area contributed by atoms with Gasteiger partial charge in [0.05, 0.1) is 18.3 Å². The number of carboxylic acid groups (broad SMARTS) is 2. The molecule has 0 spiro atoms. The van der Waals surface area contributed by atoms with Gasteiger partial charge in [0.15, 0.2) is 5.69 Å². The number of aromatic carboxylic acids is 1. The molecule has 0 aliphatic carbocycles. The van der Waals surface area contributed by atoms with E-state index in [-0.39, 0.29) is 5.69 Å². The lowest BCUT2D eigenvalue weighted by Crippen LogP contribution is -2.39. The Hall–Kier alpha value is -2.18. The van der Waals surface area contributed by atoms with Crippen molar-refractivity contribution in [3.05, 3.63) is 18.1 Å². The minimum absolute atomic E-state index is 0.120. The van der Waals surface area contributed by atoms with Crippen LogP contribution in [-0.4, -0.2) is 45.2 Å². The van der Waals surface area contributed by atoms with Crippen molar-refractivity contribution in [2.24, 2.45) is 5.92 Å². The molecule has 0 saturated carbocycles. The van der Waals surface area contributed by atoms with Crippen molar-refractivity contribution in [2.75, 3.05) is 18.0 Å². The molecule has 1 saturated heterocycles. The van der Waals surface area contributed by atoms with Gasteiger partial charge in [-0.25, -0.2) is 14.8 Å². The number of hydrogen-bond donors (Lipinski definition) is 2. The molecule has 0 radical (unpaired) electrons. The van der Waals surface area contributed by atoms with E-state index in [0.29, 0.717) is 25.3 Å². The van der Waals surface area contributed by atoms with Gasteiger partial charge in [-0.3, -0.25) is 4.79 Å². The van der Waals surface area contributed by atoms with Crippen molar-refractivity contribution in [2.45, 2.75) is 12.8 Å². The van der Waals surface area contributed by atoms with Gasteiger partial charge in [-0.1, -0.05) is 0 Å². The van der Waals surface area contributed by atoms with E-state index in [9.17, 15) is 9.59 Å². The highest BCUT2D eigenvalue weighted by molar-refractivity contribution is 5.84. The molecule has 0 bridgehead atoms. The van der Waals surface area contributed by atoms with Crippen LogP contribution in [0, 0.1) is 5.92 Å². The number of aliphatic carboxylic acids is 1. The van der Waals surface area contributed by atoms with Crippen LogP contribution in [0.1, 0.15) is 23.3 Å². The minimum atomic E-state index is -1.13. The van der Waals surface area contributed by atoms with Crippen LogP contribution < -0.4 is 4.90 Å². The summed E-state index contributed by atoms with van der Waals surface area (Å²) in [6.07, 6.45) is 3.99. The SMILES string of the molecule is O=C(O)c1cnc(N2CCCC(C(=O)O)C2)cn1. The molecule has 1 fully saturated rings. The first-order valence-electron chi connectivity index (χ1n) is 5.61. The van der Waals surface area contributed by atoms with Crippen LogP contribution in [0.3, 0.4) is 0 Å². The monoisotopic (exact) mass is 251 g/mol. The highest BCUT2D eigenvalue weighted by Crippen LogP contribution is 2.21. The molecule has 1 atom stereocenters. The zero-order valence-corrected chi connectivity index (χ0v) is 9.61. The summed E-state index contributed by atoms with van der Waals surface area (Å²) >= 11 is 0. The van der Waals surface area contributed by atoms with Gasteiger partial charge in [0.2, 0.25) is 0 Å². The molecule has 1 aromatic rings. The molecule has 1 unspecified atom stereocenters. The Balaban J connectivity index is 2.11. The van der Waals surface area contributed by atoms with Gasteiger partial charge < -0.3 is 15.1 Å². The van der Waals surface area contributed by atoms with Crippen molar-refractivity contribution >= 4 is 17.8 Å². The van der Waals surface area contributed by atoms with E-state index in [1.165, 1.54) is 12.4 Å². The number of piperidine rings is 1. The molecule has 7 heteroatoms. The van der Waals surface area contributed by atoms with E-state index in [4.69, 9.17) is 10.2 Å². The largest absolute Gasteiger partial charge is 0.481 e. The van der Waals surface area contributed by atoms with E-state index in [1.54, 1.807) is 0 Å². The number of aromatic nitrogens is 2. The van der Waals surface area contributed by atoms with Crippen LogP contribution in [0.5, 0.6) is 0 Å². The summed E-state index contributed by atoms with van der Waals surface area (Å²) in [5.74, 6) is -1.82. The standard InChI is InChI=1S/C11H13N3O4/c15-10(16)7-2-1-3-14(6-7)9-5-12-8(4-13-9)11(17)18/h4-5,7H,1-3,6H2,(H,15,16)(H,17,18). The van der Waals surface area contributed by atoms with Crippen molar-refractivity contribution in [1.82, 2.24) is 9.97 Å². The number of carboxylic acids is 2. The van der Waals surface area contributed by atoms with Gasteiger partial charge >= 0.3 is 11.9 Å². The normalized spacial score (nSPS) is 19.6. The second kappa shape index (κ2) is 4.99. The minimum Gasteiger partial charge on any atom is -0.481 e. The Kier molecular flexibility index (Phi) is 3.40. The Labute approximate surface area is 103 Å². The van der Waals surface area contributed by atoms with Crippen LogP contribution in [0.2, 0.25) is 0 Å². The fourth-order valence-corrected chi connectivity index (χ4v) is 1.98. The van der Waals surface area contributed by atoms with Crippen molar-refractivity contribution in [3.8, 4) is 0 Å².